The summed E-state index contributed by atoms with van der Waals surface area (Å²) in [7, 11) is 0. The van der Waals surface area contributed by atoms with Crippen molar-refractivity contribution in [3.05, 3.63) is 42.0 Å². The lowest BCUT2D eigenvalue weighted by molar-refractivity contribution is -0.147. The number of allylic oxidation sites excluding steroid dienone is 2. The number of carbonyl (C=O) groups excluding carboxylic acids is 1. The van der Waals surface area contributed by atoms with Crippen LogP contribution in [0, 0.1) is 30.6 Å². The van der Waals surface area contributed by atoms with E-state index in [1.807, 2.05) is 43.3 Å². The van der Waals surface area contributed by atoms with Crippen molar-refractivity contribution in [2.45, 2.75) is 13.3 Å². The highest BCUT2D eigenvalue weighted by molar-refractivity contribution is 5.87. The van der Waals surface area contributed by atoms with Crippen molar-refractivity contribution in [3.63, 3.8) is 0 Å². The van der Waals surface area contributed by atoms with Gasteiger partial charge >= 0.3 is 5.97 Å². The van der Waals surface area contributed by atoms with Gasteiger partial charge in [-0.25, -0.2) is 0 Å². The molecule has 0 heterocycles. The highest BCUT2D eigenvalue weighted by atomic mass is 16.4. The molecule has 1 aromatic rings. The molecular weight excluding hydrogens is 268 g/mol. The molecule has 0 saturated heterocycles. The third-order valence-corrected chi connectivity index (χ3v) is 4.51. The number of amides is 1. The fraction of sp³-hybridized carbons (Fsp3) is 0.375. The van der Waals surface area contributed by atoms with Gasteiger partial charge in [0.25, 0.3) is 0 Å². The lowest BCUT2D eigenvalue weighted by atomic mass is 9.82. The first-order chi connectivity index (χ1) is 10.1. The summed E-state index contributed by atoms with van der Waals surface area (Å²) in [5, 5.41) is 9.35. The van der Waals surface area contributed by atoms with Gasteiger partial charge in [0, 0.05) is 0 Å². The third-order valence-electron chi connectivity index (χ3n) is 4.51. The van der Waals surface area contributed by atoms with E-state index in [4.69, 9.17) is 0 Å². The Bertz CT molecular complexity index is 611. The molecule has 110 valence electrons. The Morgan fingerprint density at radius 2 is 1.81 bits per heavy atom. The minimum absolute atomic E-state index is 0.0123. The van der Waals surface area contributed by atoms with E-state index < -0.39 is 17.8 Å². The molecular formula is C16H18N2O3. The molecule has 3 N–H and O–H groups in total. The maximum atomic E-state index is 12.4. The normalized spacial score (nSPS) is 29.4. The van der Waals surface area contributed by atoms with Gasteiger partial charge in [-0.1, -0.05) is 30.4 Å². The topological polar surface area (TPSA) is 78.4 Å². The van der Waals surface area contributed by atoms with Crippen LogP contribution in [0.25, 0.3) is 0 Å². The summed E-state index contributed by atoms with van der Waals surface area (Å²) in [6, 6.07) is 7.60. The molecule has 1 saturated carbocycles. The average molecular weight is 286 g/mol. The van der Waals surface area contributed by atoms with Crippen LogP contribution in [0.15, 0.2) is 36.4 Å². The van der Waals surface area contributed by atoms with Gasteiger partial charge < -0.3 is 5.11 Å². The summed E-state index contributed by atoms with van der Waals surface area (Å²) in [6.45, 7) is 1.94. The van der Waals surface area contributed by atoms with Crippen molar-refractivity contribution in [1.82, 2.24) is 5.43 Å². The predicted octanol–water partition coefficient (Wildman–Crippen LogP) is 1.96. The molecule has 2 aliphatic rings. The first-order valence-corrected chi connectivity index (χ1v) is 7.10. The van der Waals surface area contributed by atoms with Crippen LogP contribution in [0.4, 0.5) is 5.69 Å². The lowest BCUT2D eigenvalue weighted by Crippen LogP contribution is -2.42. The van der Waals surface area contributed by atoms with E-state index in [1.54, 1.807) is 0 Å². The quantitative estimate of drug-likeness (QED) is 0.584. The SMILES string of the molecule is Cc1ccccc1NNC(=O)[C@@H]1[C@H](C(=O)O)[C@H]2C=C[C@H]1C2. The molecule has 21 heavy (non-hydrogen) atoms. The first-order valence-electron chi connectivity index (χ1n) is 7.10. The van der Waals surface area contributed by atoms with Crippen LogP contribution in [0.3, 0.4) is 0 Å². The van der Waals surface area contributed by atoms with E-state index in [0.717, 1.165) is 17.7 Å². The Labute approximate surface area is 123 Å². The number of rotatable bonds is 4. The van der Waals surface area contributed by atoms with E-state index in [9.17, 15) is 14.7 Å². The summed E-state index contributed by atoms with van der Waals surface area (Å²) < 4.78 is 0. The molecule has 0 spiro atoms. The van der Waals surface area contributed by atoms with E-state index in [1.165, 1.54) is 0 Å². The second kappa shape index (κ2) is 5.24. The first kappa shape index (κ1) is 13.7. The van der Waals surface area contributed by atoms with Crippen LogP contribution in [0.1, 0.15) is 12.0 Å². The van der Waals surface area contributed by atoms with Crippen molar-refractivity contribution >= 4 is 17.6 Å². The van der Waals surface area contributed by atoms with Gasteiger partial charge in [-0.2, -0.15) is 0 Å². The largest absolute Gasteiger partial charge is 0.481 e. The van der Waals surface area contributed by atoms with E-state index in [0.29, 0.717) is 0 Å². The zero-order valence-electron chi connectivity index (χ0n) is 11.7. The number of anilines is 1. The number of carboxylic acids is 1. The molecule has 3 rings (SSSR count). The molecule has 5 heteroatoms. The number of carbonyl (C=O) groups is 2. The number of fused-ring (bicyclic) bond motifs is 2. The van der Waals surface area contributed by atoms with E-state index in [2.05, 4.69) is 10.9 Å². The minimum Gasteiger partial charge on any atom is -0.481 e. The standard InChI is InChI=1S/C16H18N2O3/c1-9-4-2-3-5-12(9)17-18-15(19)13-10-6-7-11(8-10)14(13)16(20)21/h2-7,10-11,13-14,17H,8H2,1H3,(H,18,19)(H,20,21)/t10-,11-,13-,14+/m0/s1. The Morgan fingerprint density at radius 1 is 1.14 bits per heavy atom. The molecule has 1 amide bonds. The zero-order chi connectivity index (χ0) is 15.0. The minimum atomic E-state index is -0.886. The smallest absolute Gasteiger partial charge is 0.307 e. The average Bonchev–Trinajstić information content (AvgIpc) is 3.06. The van der Waals surface area contributed by atoms with E-state index in [-0.39, 0.29) is 17.7 Å². The number of hydrogen-bond acceptors (Lipinski definition) is 3. The van der Waals surface area contributed by atoms with Crippen molar-refractivity contribution in [2.24, 2.45) is 23.7 Å². The highest BCUT2D eigenvalue weighted by Crippen LogP contribution is 2.48. The van der Waals surface area contributed by atoms with Crippen molar-refractivity contribution in [1.29, 1.82) is 0 Å². The molecule has 5 nitrogen and oxygen atoms in total. The molecule has 0 radical (unpaired) electrons. The van der Waals surface area contributed by atoms with Crippen molar-refractivity contribution < 1.29 is 14.7 Å². The number of hydrazine groups is 1. The number of nitrogens with one attached hydrogen (secondary N) is 2. The molecule has 0 aromatic heterocycles. The summed E-state index contributed by atoms with van der Waals surface area (Å²) >= 11 is 0. The number of para-hydroxylation sites is 1. The number of hydrogen-bond donors (Lipinski definition) is 3. The third kappa shape index (κ3) is 2.39. The summed E-state index contributed by atoms with van der Waals surface area (Å²) in [6.07, 6.45) is 4.67. The summed E-state index contributed by atoms with van der Waals surface area (Å²) in [4.78, 5) is 23.8. The number of benzene rings is 1. The van der Waals surface area contributed by atoms with Crippen LogP contribution < -0.4 is 10.9 Å². The Morgan fingerprint density at radius 3 is 2.48 bits per heavy atom. The second-order valence-corrected chi connectivity index (χ2v) is 5.77. The van der Waals surface area contributed by atoms with Crippen LogP contribution >= 0.6 is 0 Å². The second-order valence-electron chi connectivity index (χ2n) is 5.77. The fourth-order valence-corrected chi connectivity index (χ4v) is 3.44. The number of aryl methyl sites for hydroxylation is 1. The molecule has 0 aliphatic heterocycles. The molecule has 1 aromatic carbocycles. The summed E-state index contributed by atoms with van der Waals surface area (Å²) in [5.74, 6) is -2.21. The van der Waals surface area contributed by atoms with Crippen LogP contribution in [-0.4, -0.2) is 17.0 Å². The van der Waals surface area contributed by atoms with Crippen LogP contribution in [0.2, 0.25) is 0 Å². The molecule has 2 bridgehead atoms. The molecule has 0 unspecified atom stereocenters. The summed E-state index contributed by atoms with van der Waals surface area (Å²) in [5.41, 5.74) is 7.39. The van der Waals surface area contributed by atoms with Gasteiger partial charge in [0.1, 0.15) is 0 Å². The zero-order valence-corrected chi connectivity index (χ0v) is 11.7. The monoisotopic (exact) mass is 286 g/mol. The molecule has 4 atom stereocenters. The van der Waals surface area contributed by atoms with Crippen LogP contribution in [0.5, 0.6) is 0 Å². The van der Waals surface area contributed by atoms with E-state index >= 15 is 0 Å². The van der Waals surface area contributed by atoms with Gasteiger partial charge in [-0.05, 0) is 36.8 Å². The Hall–Kier alpha value is -2.30. The fourth-order valence-electron chi connectivity index (χ4n) is 3.44. The Kier molecular flexibility index (Phi) is 3.41. The van der Waals surface area contributed by atoms with Crippen LogP contribution in [-0.2, 0) is 9.59 Å². The van der Waals surface area contributed by atoms with Gasteiger partial charge in [-0.15, -0.1) is 0 Å². The van der Waals surface area contributed by atoms with Crippen molar-refractivity contribution in [3.8, 4) is 0 Å². The van der Waals surface area contributed by atoms with Gasteiger partial charge in [-0.3, -0.25) is 20.4 Å². The predicted molar refractivity (Wildman–Crippen MR) is 78.3 cm³/mol. The molecule has 2 aliphatic carbocycles. The number of aliphatic carboxylic acids is 1. The van der Waals surface area contributed by atoms with Gasteiger partial charge in [0.05, 0.1) is 17.5 Å². The number of carboxylic acid groups (broad SMARTS) is 1. The van der Waals surface area contributed by atoms with Crippen molar-refractivity contribution in [2.75, 3.05) is 5.43 Å². The maximum Gasteiger partial charge on any atom is 0.307 e. The molecule has 1 fully saturated rings. The van der Waals surface area contributed by atoms with Gasteiger partial charge in [0.15, 0.2) is 0 Å². The van der Waals surface area contributed by atoms with Gasteiger partial charge in [0.2, 0.25) is 5.91 Å². The lowest BCUT2D eigenvalue weighted by Gasteiger charge is -2.24. The Balaban J connectivity index is 1.69. The highest BCUT2D eigenvalue weighted by Gasteiger charge is 2.51. The maximum absolute atomic E-state index is 12.4.